The SMILES string of the molecule is Cc1ccc(NC(=O)CSc2nnc(-c3ccc(Cl)c(Cl)c3)n2-c2ccccc2)cc1. The fourth-order valence-corrected chi connectivity index (χ4v) is 4.01. The summed E-state index contributed by atoms with van der Waals surface area (Å²) in [6.45, 7) is 2.00. The number of hydrogen-bond acceptors (Lipinski definition) is 4. The van der Waals surface area contributed by atoms with Crippen molar-refractivity contribution in [2.75, 3.05) is 11.1 Å². The van der Waals surface area contributed by atoms with Crippen molar-refractivity contribution < 1.29 is 4.79 Å². The molecule has 0 spiro atoms. The van der Waals surface area contributed by atoms with Crippen LogP contribution in [0, 0.1) is 6.92 Å². The summed E-state index contributed by atoms with van der Waals surface area (Å²) >= 11 is 13.6. The van der Waals surface area contributed by atoms with Crippen molar-refractivity contribution in [3.05, 3.63) is 88.4 Å². The molecular weight excluding hydrogens is 451 g/mol. The van der Waals surface area contributed by atoms with E-state index in [4.69, 9.17) is 23.2 Å². The van der Waals surface area contributed by atoms with Crippen LogP contribution in [-0.2, 0) is 4.79 Å². The third-order valence-corrected chi connectivity index (χ3v) is 6.16. The number of thioether (sulfide) groups is 1. The topological polar surface area (TPSA) is 59.8 Å². The number of para-hydroxylation sites is 1. The average molecular weight is 469 g/mol. The summed E-state index contributed by atoms with van der Waals surface area (Å²) in [4.78, 5) is 12.5. The number of aromatic nitrogens is 3. The Balaban J connectivity index is 1.60. The van der Waals surface area contributed by atoms with Gasteiger partial charge in [0.25, 0.3) is 0 Å². The van der Waals surface area contributed by atoms with E-state index in [1.54, 1.807) is 12.1 Å². The minimum absolute atomic E-state index is 0.118. The van der Waals surface area contributed by atoms with Crippen LogP contribution >= 0.6 is 35.0 Å². The number of hydrogen-bond donors (Lipinski definition) is 1. The smallest absolute Gasteiger partial charge is 0.234 e. The van der Waals surface area contributed by atoms with E-state index in [0.29, 0.717) is 21.0 Å². The highest BCUT2D eigenvalue weighted by Gasteiger charge is 2.18. The van der Waals surface area contributed by atoms with Gasteiger partial charge in [-0.2, -0.15) is 0 Å². The van der Waals surface area contributed by atoms with Crippen LogP contribution in [0.3, 0.4) is 0 Å². The minimum Gasteiger partial charge on any atom is -0.325 e. The second-order valence-corrected chi connectivity index (χ2v) is 8.57. The summed E-state index contributed by atoms with van der Waals surface area (Å²) in [5.74, 6) is 0.694. The zero-order valence-electron chi connectivity index (χ0n) is 16.5. The standard InChI is InChI=1S/C23H18Cl2N4OS/c1-15-7-10-17(11-8-15)26-21(30)14-31-23-28-27-22(16-9-12-19(24)20(25)13-16)29(23)18-5-3-2-4-6-18/h2-13H,14H2,1H3,(H,26,30). The molecule has 0 radical (unpaired) electrons. The molecule has 1 N–H and O–H groups in total. The average Bonchev–Trinajstić information content (AvgIpc) is 3.20. The first-order valence-electron chi connectivity index (χ1n) is 9.47. The Labute approximate surface area is 194 Å². The van der Waals surface area contributed by atoms with Crippen molar-refractivity contribution in [3.63, 3.8) is 0 Å². The van der Waals surface area contributed by atoms with Gasteiger partial charge in [0, 0.05) is 16.9 Å². The summed E-state index contributed by atoms with van der Waals surface area (Å²) < 4.78 is 1.91. The molecule has 4 aromatic rings. The zero-order chi connectivity index (χ0) is 21.8. The Bertz CT molecular complexity index is 1210. The molecule has 0 saturated heterocycles. The number of anilines is 1. The number of carbonyl (C=O) groups excluding carboxylic acids is 1. The van der Waals surface area contributed by atoms with Gasteiger partial charge in [-0.3, -0.25) is 9.36 Å². The maximum atomic E-state index is 12.5. The van der Waals surface area contributed by atoms with Crippen LogP contribution in [0.1, 0.15) is 5.56 Å². The predicted molar refractivity (Wildman–Crippen MR) is 127 cm³/mol. The second-order valence-electron chi connectivity index (χ2n) is 6.81. The van der Waals surface area contributed by atoms with E-state index in [9.17, 15) is 4.79 Å². The summed E-state index contributed by atoms with van der Waals surface area (Å²) in [7, 11) is 0. The molecule has 0 saturated carbocycles. The van der Waals surface area contributed by atoms with Gasteiger partial charge in [0.2, 0.25) is 5.91 Å². The third-order valence-electron chi connectivity index (χ3n) is 4.49. The van der Waals surface area contributed by atoms with Crippen LogP contribution < -0.4 is 5.32 Å². The molecule has 156 valence electrons. The fourth-order valence-electron chi connectivity index (χ4n) is 2.96. The molecule has 8 heteroatoms. The van der Waals surface area contributed by atoms with Crippen LogP contribution in [0.15, 0.2) is 78.0 Å². The molecule has 31 heavy (non-hydrogen) atoms. The third kappa shape index (κ3) is 5.10. The highest BCUT2D eigenvalue weighted by atomic mass is 35.5. The number of rotatable bonds is 6. The monoisotopic (exact) mass is 468 g/mol. The molecule has 1 heterocycles. The Morgan fingerprint density at radius 2 is 1.71 bits per heavy atom. The van der Waals surface area contributed by atoms with Crippen LogP contribution in [-0.4, -0.2) is 26.4 Å². The van der Waals surface area contributed by atoms with Crippen molar-refractivity contribution in [3.8, 4) is 17.1 Å². The van der Waals surface area contributed by atoms with E-state index in [0.717, 1.165) is 22.5 Å². The van der Waals surface area contributed by atoms with E-state index in [1.165, 1.54) is 11.8 Å². The first kappa shape index (κ1) is 21.4. The second kappa shape index (κ2) is 9.56. The molecule has 0 aliphatic rings. The number of benzene rings is 3. The largest absolute Gasteiger partial charge is 0.325 e. The number of nitrogens with zero attached hydrogens (tertiary/aromatic N) is 3. The molecule has 1 aromatic heterocycles. The van der Waals surface area contributed by atoms with E-state index < -0.39 is 0 Å². The highest BCUT2D eigenvalue weighted by Crippen LogP contribution is 2.31. The lowest BCUT2D eigenvalue weighted by molar-refractivity contribution is -0.113. The maximum absolute atomic E-state index is 12.5. The molecular formula is C23H18Cl2N4OS. The molecule has 5 nitrogen and oxygen atoms in total. The van der Waals surface area contributed by atoms with Gasteiger partial charge in [-0.1, -0.05) is 70.9 Å². The Morgan fingerprint density at radius 1 is 0.968 bits per heavy atom. The van der Waals surface area contributed by atoms with Crippen LogP contribution in [0.2, 0.25) is 10.0 Å². The number of halogens is 2. The van der Waals surface area contributed by atoms with E-state index in [1.807, 2.05) is 72.2 Å². The molecule has 1 amide bonds. The maximum Gasteiger partial charge on any atom is 0.234 e. The minimum atomic E-state index is -0.118. The molecule has 0 fully saturated rings. The fraction of sp³-hybridized carbons (Fsp3) is 0.0870. The van der Waals surface area contributed by atoms with Crippen molar-refractivity contribution in [2.24, 2.45) is 0 Å². The lowest BCUT2D eigenvalue weighted by atomic mass is 10.2. The summed E-state index contributed by atoms with van der Waals surface area (Å²) in [5.41, 5.74) is 3.56. The molecule has 0 bridgehead atoms. The number of amides is 1. The lowest BCUT2D eigenvalue weighted by Gasteiger charge is -2.11. The van der Waals surface area contributed by atoms with Gasteiger partial charge >= 0.3 is 0 Å². The van der Waals surface area contributed by atoms with E-state index in [2.05, 4.69) is 15.5 Å². The first-order valence-corrected chi connectivity index (χ1v) is 11.2. The Morgan fingerprint density at radius 3 is 2.42 bits per heavy atom. The van der Waals surface area contributed by atoms with Gasteiger partial charge in [0.15, 0.2) is 11.0 Å². The van der Waals surface area contributed by atoms with Gasteiger partial charge in [-0.05, 0) is 49.4 Å². The van der Waals surface area contributed by atoms with E-state index >= 15 is 0 Å². The van der Waals surface area contributed by atoms with E-state index in [-0.39, 0.29) is 11.7 Å². The predicted octanol–water partition coefficient (Wildman–Crippen LogP) is 6.28. The van der Waals surface area contributed by atoms with Crippen molar-refractivity contribution in [2.45, 2.75) is 12.1 Å². The summed E-state index contributed by atoms with van der Waals surface area (Å²) in [5, 5.41) is 13.1. The molecule has 0 aliphatic carbocycles. The van der Waals surface area contributed by atoms with Gasteiger partial charge < -0.3 is 5.32 Å². The zero-order valence-corrected chi connectivity index (χ0v) is 18.9. The van der Waals surface area contributed by atoms with Crippen molar-refractivity contribution in [1.29, 1.82) is 0 Å². The summed E-state index contributed by atoms with van der Waals surface area (Å²) in [6.07, 6.45) is 0. The summed E-state index contributed by atoms with van der Waals surface area (Å²) in [6, 6.07) is 22.7. The van der Waals surface area contributed by atoms with Gasteiger partial charge in [0.05, 0.1) is 15.8 Å². The van der Waals surface area contributed by atoms with Crippen molar-refractivity contribution >= 4 is 46.6 Å². The van der Waals surface area contributed by atoms with Crippen molar-refractivity contribution in [1.82, 2.24) is 14.8 Å². The van der Waals surface area contributed by atoms with Gasteiger partial charge in [0.1, 0.15) is 0 Å². The molecule has 3 aromatic carbocycles. The van der Waals surface area contributed by atoms with Gasteiger partial charge in [-0.15, -0.1) is 10.2 Å². The molecule has 0 unspecified atom stereocenters. The Kier molecular flexibility index (Phi) is 6.61. The van der Waals surface area contributed by atoms with Crippen LogP contribution in [0.25, 0.3) is 17.1 Å². The first-order chi connectivity index (χ1) is 15.0. The number of nitrogens with one attached hydrogen (secondary N) is 1. The highest BCUT2D eigenvalue weighted by molar-refractivity contribution is 7.99. The number of aryl methyl sites for hydroxylation is 1. The van der Waals surface area contributed by atoms with Crippen LogP contribution in [0.5, 0.6) is 0 Å². The Hall–Kier alpha value is -2.80. The quantitative estimate of drug-likeness (QED) is 0.338. The van der Waals surface area contributed by atoms with Gasteiger partial charge in [-0.25, -0.2) is 0 Å². The normalized spacial score (nSPS) is 10.8. The molecule has 0 atom stereocenters. The van der Waals surface area contributed by atoms with Crippen LogP contribution in [0.4, 0.5) is 5.69 Å². The molecule has 0 aliphatic heterocycles. The molecule has 4 rings (SSSR count). The lowest BCUT2D eigenvalue weighted by Crippen LogP contribution is -2.14. The number of carbonyl (C=O) groups is 1.